The zero-order chi connectivity index (χ0) is 14.3. The third-order valence-corrected chi connectivity index (χ3v) is 4.67. The zero-order valence-electron chi connectivity index (χ0n) is 11.6. The first-order valence-electron chi connectivity index (χ1n) is 6.82. The molecular weight excluding hydrogens is 264 g/mol. The highest BCUT2D eigenvalue weighted by Gasteiger charge is 2.30. The highest BCUT2D eigenvalue weighted by Crippen LogP contribution is 2.29. The highest BCUT2D eigenvalue weighted by molar-refractivity contribution is 7.99. The lowest BCUT2D eigenvalue weighted by molar-refractivity contribution is -0.144. The van der Waals surface area contributed by atoms with Gasteiger partial charge in [-0.1, -0.05) is 19.8 Å². The van der Waals surface area contributed by atoms with Gasteiger partial charge in [-0.05, 0) is 25.0 Å². The number of aliphatic carboxylic acids is 1. The second-order valence-electron chi connectivity index (χ2n) is 5.13. The number of carboxylic acids is 1. The molecule has 6 heteroatoms. The van der Waals surface area contributed by atoms with Crippen molar-refractivity contribution in [2.24, 2.45) is 11.8 Å². The number of thioether (sulfide) groups is 1. The Balaban J connectivity index is 2.29. The van der Waals surface area contributed by atoms with Gasteiger partial charge >= 0.3 is 12.0 Å². The van der Waals surface area contributed by atoms with Crippen LogP contribution < -0.4 is 10.6 Å². The van der Waals surface area contributed by atoms with E-state index in [9.17, 15) is 9.59 Å². The van der Waals surface area contributed by atoms with E-state index in [2.05, 4.69) is 10.6 Å². The topological polar surface area (TPSA) is 78.4 Å². The molecule has 1 fully saturated rings. The smallest absolute Gasteiger partial charge is 0.314 e. The summed E-state index contributed by atoms with van der Waals surface area (Å²) in [5.41, 5.74) is 0. The molecule has 3 unspecified atom stereocenters. The molecular formula is C13H24N2O3S. The molecule has 0 aromatic rings. The second-order valence-corrected chi connectivity index (χ2v) is 6.40. The fourth-order valence-corrected chi connectivity index (χ4v) is 2.63. The van der Waals surface area contributed by atoms with Crippen molar-refractivity contribution >= 4 is 23.8 Å². The fourth-order valence-electron chi connectivity index (χ4n) is 2.38. The van der Waals surface area contributed by atoms with Crippen molar-refractivity contribution in [2.75, 3.05) is 19.3 Å². The van der Waals surface area contributed by atoms with E-state index in [0.29, 0.717) is 18.3 Å². The number of nitrogens with one attached hydrogen (secondary N) is 2. The molecule has 19 heavy (non-hydrogen) atoms. The van der Waals surface area contributed by atoms with Gasteiger partial charge in [-0.15, -0.1) is 0 Å². The average molecular weight is 288 g/mol. The van der Waals surface area contributed by atoms with Gasteiger partial charge in [-0.2, -0.15) is 11.8 Å². The first-order chi connectivity index (χ1) is 9.04. The molecule has 0 aromatic heterocycles. The van der Waals surface area contributed by atoms with Crippen LogP contribution >= 0.6 is 11.8 Å². The molecule has 1 aliphatic carbocycles. The van der Waals surface area contributed by atoms with E-state index < -0.39 is 5.97 Å². The summed E-state index contributed by atoms with van der Waals surface area (Å²) in [4.78, 5) is 22.7. The van der Waals surface area contributed by atoms with Crippen LogP contribution in [0.25, 0.3) is 0 Å². The van der Waals surface area contributed by atoms with Crippen molar-refractivity contribution in [3.05, 3.63) is 0 Å². The minimum absolute atomic E-state index is 0.0648. The number of amides is 2. The molecule has 1 aliphatic rings. The Kier molecular flexibility index (Phi) is 7.05. The maximum Gasteiger partial charge on any atom is 0.314 e. The summed E-state index contributed by atoms with van der Waals surface area (Å²) in [6, 6.07) is -0.199. The van der Waals surface area contributed by atoms with Crippen LogP contribution in [0.1, 0.15) is 32.6 Å². The van der Waals surface area contributed by atoms with Gasteiger partial charge in [0.25, 0.3) is 0 Å². The highest BCUT2D eigenvalue weighted by atomic mass is 32.2. The van der Waals surface area contributed by atoms with E-state index in [1.807, 2.05) is 13.2 Å². The lowest BCUT2D eigenvalue weighted by Gasteiger charge is -2.28. The minimum Gasteiger partial charge on any atom is -0.481 e. The fraction of sp³-hybridized carbons (Fsp3) is 0.846. The van der Waals surface area contributed by atoms with Gasteiger partial charge in [0, 0.05) is 18.3 Å². The number of hydrogen-bond donors (Lipinski definition) is 3. The lowest BCUT2D eigenvalue weighted by atomic mass is 9.79. The van der Waals surface area contributed by atoms with Crippen molar-refractivity contribution in [3.8, 4) is 0 Å². The molecule has 2 amide bonds. The first-order valence-corrected chi connectivity index (χ1v) is 8.10. The number of hydrogen-bond acceptors (Lipinski definition) is 3. The van der Waals surface area contributed by atoms with E-state index in [1.54, 1.807) is 11.8 Å². The van der Waals surface area contributed by atoms with Crippen LogP contribution in [0.5, 0.6) is 0 Å². The molecule has 0 heterocycles. The number of rotatable bonds is 6. The predicted octanol–water partition coefficient (Wildman–Crippen LogP) is 1.93. The summed E-state index contributed by atoms with van der Waals surface area (Å²) >= 11 is 1.70. The molecule has 1 rings (SSSR count). The third-order valence-electron chi connectivity index (χ3n) is 3.70. The van der Waals surface area contributed by atoms with Crippen LogP contribution in [0, 0.1) is 11.8 Å². The lowest BCUT2D eigenvalue weighted by Crippen LogP contribution is -2.43. The van der Waals surface area contributed by atoms with E-state index >= 15 is 0 Å². The molecule has 1 saturated carbocycles. The number of urea groups is 1. The molecule has 5 nitrogen and oxygen atoms in total. The average Bonchev–Trinajstić information content (AvgIpc) is 2.42. The number of carbonyl (C=O) groups excluding carboxylic acids is 1. The molecule has 0 radical (unpaired) electrons. The van der Waals surface area contributed by atoms with Crippen LogP contribution in [0.2, 0.25) is 0 Å². The summed E-state index contributed by atoms with van der Waals surface area (Å²) in [5, 5.41) is 15.1. The van der Waals surface area contributed by atoms with Crippen LogP contribution in [0.3, 0.4) is 0 Å². The Morgan fingerprint density at radius 2 is 2.00 bits per heavy atom. The maximum absolute atomic E-state index is 11.6. The standard InChI is InChI=1S/C13H24N2O3S/c1-9(19-2)7-14-13(18)15-8-10-5-3-4-6-11(10)12(16)17/h9-11H,3-8H2,1-2H3,(H,16,17)(H2,14,15,18). The zero-order valence-corrected chi connectivity index (χ0v) is 12.5. The van der Waals surface area contributed by atoms with Gasteiger partial charge in [0.15, 0.2) is 0 Å². The van der Waals surface area contributed by atoms with E-state index in [-0.39, 0.29) is 17.9 Å². The third kappa shape index (κ3) is 5.72. The molecule has 0 bridgehead atoms. The quantitative estimate of drug-likeness (QED) is 0.698. The Morgan fingerprint density at radius 3 is 2.63 bits per heavy atom. The number of carbonyl (C=O) groups is 2. The van der Waals surface area contributed by atoms with Gasteiger partial charge in [0.1, 0.15) is 0 Å². The largest absolute Gasteiger partial charge is 0.481 e. The molecule has 110 valence electrons. The maximum atomic E-state index is 11.6. The summed E-state index contributed by atoms with van der Waals surface area (Å²) in [6.07, 6.45) is 5.65. The normalized spacial score (nSPS) is 24.5. The summed E-state index contributed by atoms with van der Waals surface area (Å²) in [5.74, 6) is -0.975. The minimum atomic E-state index is -0.733. The number of carboxylic acid groups (broad SMARTS) is 1. The molecule has 0 aliphatic heterocycles. The molecule has 3 N–H and O–H groups in total. The summed E-state index contributed by atoms with van der Waals surface area (Å²) in [7, 11) is 0. The van der Waals surface area contributed by atoms with Crippen LogP contribution in [0.15, 0.2) is 0 Å². The monoisotopic (exact) mass is 288 g/mol. The van der Waals surface area contributed by atoms with Crippen LogP contribution in [0.4, 0.5) is 4.79 Å². The van der Waals surface area contributed by atoms with Crippen molar-refractivity contribution in [3.63, 3.8) is 0 Å². The SMILES string of the molecule is CSC(C)CNC(=O)NCC1CCCCC1C(=O)O. The predicted molar refractivity (Wildman–Crippen MR) is 77.5 cm³/mol. The van der Waals surface area contributed by atoms with Gasteiger partial charge in [-0.25, -0.2) is 4.79 Å². The van der Waals surface area contributed by atoms with Gasteiger partial charge < -0.3 is 15.7 Å². The van der Waals surface area contributed by atoms with Crippen molar-refractivity contribution < 1.29 is 14.7 Å². The van der Waals surface area contributed by atoms with Gasteiger partial charge in [0.05, 0.1) is 5.92 Å². The van der Waals surface area contributed by atoms with Crippen LogP contribution in [-0.2, 0) is 4.79 Å². The Hall–Kier alpha value is -0.910. The van der Waals surface area contributed by atoms with Gasteiger partial charge in [-0.3, -0.25) is 4.79 Å². The molecule has 0 spiro atoms. The van der Waals surface area contributed by atoms with E-state index in [4.69, 9.17) is 5.11 Å². The molecule has 3 atom stereocenters. The Labute approximate surface area is 118 Å². The first kappa shape index (κ1) is 16.1. The second kappa shape index (κ2) is 8.30. The van der Waals surface area contributed by atoms with Crippen molar-refractivity contribution in [1.29, 1.82) is 0 Å². The van der Waals surface area contributed by atoms with Gasteiger partial charge in [0.2, 0.25) is 0 Å². The van der Waals surface area contributed by atoms with Crippen molar-refractivity contribution in [2.45, 2.75) is 37.9 Å². The summed E-state index contributed by atoms with van der Waals surface area (Å²) in [6.45, 7) is 3.13. The van der Waals surface area contributed by atoms with Crippen LogP contribution in [-0.4, -0.2) is 41.7 Å². The molecule has 0 aromatic carbocycles. The van der Waals surface area contributed by atoms with Crippen molar-refractivity contribution in [1.82, 2.24) is 10.6 Å². The van der Waals surface area contributed by atoms with E-state index in [0.717, 1.165) is 25.7 Å². The summed E-state index contributed by atoms with van der Waals surface area (Å²) < 4.78 is 0. The Bertz CT molecular complexity index is 312. The van der Waals surface area contributed by atoms with E-state index in [1.165, 1.54) is 0 Å². The molecule has 0 saturated heterocycles. The Morgan fingerprint density at radius 1 is 1.32 bits per heavy atom.